The van der Waals surface area contributed by atoms with Gasteiger partial charge >= 0.3 is 0 Å². The highest BCUT2D eigenvalue weighted by molar-refractivity contribution is 7.89. The molecule has 2 atom stereocenters. The van der Waals surface area contributed by atoms with Gasteiger partial charge in [-0.15, -0.1) is 0 Å². The minimum atomic E-state index is -3.79. The van der Waals surface area contributed by atoms with Crippen LogP contribution in [0.4, 0.5) is 4.39 Å². The Hall–Kier alpha value is -3.04. The number of H-pyrrole nitrogens is 1. The van der Waals surface area contributed by atoms with Crippen LogP contribution in [0.15, 0.2) is 65.7 Å². The van der Waals surface area contributed by atoms with Gasteiger partial charge < -0.3 is 10.3 Å². The molecule has 7 nitrogen and oxygen atoms in total. The van der Waals surface area contributed by atoms with E-state index >= 15 is 0 Å². The van der Waals surface area contributed by atoms with Crippen LogP contribution in [0, 0.1) is 11.7 Å². The van der Waals surface area contributed by atoms with Crippen molar-refractivity contribution in [3.63, 3.8) is 0 Å². The van der Waals surface area contributed by atoms with Gasteiger partial charge in [-0.2, -0.15) is 4.31 Å². The topological polar surface area (TPSA) is 95.2 Å². The Balaban J connectivity index is 1.44. The highest BCUT2D eigenvalue weighted by atomic mass is 32.2. The molecule has 0 spiro atoms. The van der Waals surface area contributed by atoms with Crippen molar-refractivity contribution in [2.75, 3.05) is 13.1 Å². The molecule has 2 heterocycles. The van der Waals surface area contributed by atoms with Crippen molar-refractivity contribution < 1.29 is 17.6 Å². The fraction of sp³-hybridized carbons (Fsp3) is 0.333. The first-order valence-corrected chi connectivity index (χ1v) is 12.5. The lowest BCUT2D eigenvalue weighted by atomic mass is 9.98. The molecular weight excluding hydrogens is 443 g/mol. The molecule has 1 amide bonds. The number of aromatic nitrogens is 2. The zero-order chi connectivity index (χ0) is 23.4. The second-order valence-corrected chi connectivity index (χ2v) is 10.1. The fourth-order valence-electron chi connectivity index (χ4n) is 4.06. The Morgan fingerprint density at radius 2 is 1.94 bits per heavy atom. The van der Waals surface area contributed by atoms with E-state index in [2.05, 4.69) is 15.3 Å². The third-order valence-corrected chi connectivity index (χ3v) is 7.82. The molecule has 0 aliphatic carbocycles. The Labute approximate surface area is 193 Å². The van der Waals surface area contributed by atoms with E-state index < -0.39 is 21.8 Å². The number of aromatic amines is 1. The third-order valence-electron chi connectivity index (χ3n) is 5.94. The number of nitrogens with one attached hydrogen (secondary N) is 2. The molecule has 2 unspecified atom stereocenters. The molecule has 0 saturated carbocycles. The third kappa shape index (κ3) is 5.15. The molecule has 0 bridgehead atoms. The van der Waals surface area contributed by atoms with E-state index in [0.29, 0.717) is 31.6 Å². The SMILES string of the molecule is CCC(NC(=O)C1CCCN(S(=O)(=O)c2ccc(F)cc2)C1)c1ncc(-c2ccccc2)[nH]1. The number of carbonyl (C=O) groups is 1. The lowest BCUT2D eigenvalue weighted by molar-refractivity contribution is -0.126. The van der Waals surface area contributed by atoms with Gasteiger partial charge in [-0.25, -0.2) is 17.8 Å². The standard InChI is InChI=1S/C24H27FN4O3S/c1-2-21(23-26-15-22(27-23)17-7-4-3-5-8-17)28-24(30)18-9-6-14-29(16-18)33(31,32)20-12-10-19(25)11-13-20/h3-5,7-8,10-13,15,18,21H,2,6,9,14,16H2,1H3,(H,26,27)(H,28,30). The molecule has 1 aromatic heterocycles. The van der Waals surface area contributed by atoms with Gasteiger partial charge in [-0.1, -0.05) is 37.3 Å². The van der Waals surface area contributed by atoms with Gasteiger partial charge in [0.2, 0.25) is 15.9 Å². The van der Waals surface area contributed by atoms with E-state index in [1.807, 2.05) is 37.3 Å². The summed E-state index contributed by atoms with van der Waals surface area (Å²) in [6.45, 7) is 2.39. The number of carbonyl (C=O) groups excluding carboxylic acids is 1. The number of halogens is 1. The number of nitrogens with zero attached hydrogens (tertiary/aromatic N) is 2. The van der Waals surface area contributed by atoms with E-state index in [4.69, 9.17) is 0 Å². The Kier molecular flexibility index (Phi) is 6.90. The fourth-order valence-corrected chi connectivity index (χ4v) is 5.59. The van der Waals surface area contributed by atoms with Crippen molar-refractivity contribution >= 4 is 15.9 Å². The smallest absolute Gasteiger partial charge is 0.243 e. The highest BCUT2D eigenvalue weighted by Gasteiger charge is 2.34. The minimum absolute atomic E-state index is 0.0282. The summed E-state index contributed by atoms with van der Waals surface area (Å²) >= 11 is 0. The monoisotopic (exact) mass is 470 g/mol. The first kappa shape index (κ1) is 23.1. The number of amides is 1. The summed E-state index contributed by atoms with van der Waals surface area (Å²) in [7, 11) is -3.79. The molecule has 4 rings (SSSR count). The molecule has 1 aliphatic rings. The maximum atomic E-state index is 13.2. The van der Waals surface area contributed by atoms with Gasteiger partial charge in [-0.3, -0.25) is 4.79 Å². The summed E-state index contributed by atoms with van der Waals surface area (Å²) in [4.78, 5) is 20.8. The summed E-state index contributed by atoms with van der Waals surface area (Å²) in [6.07, 6.45) is 3.56. The van der Waals surface area contributed by atoms with Crippen LogP contribution in [-0.4, -0.2) is 41.7 Å². The van der Waals surface area contributed by atoms with Crippen LogP contribution in [0.5, 0.6) is 0 Å². The number of piperidine rings is 1. The van der Waals surface area contributed by atoms with Crippen molar-refractivity contribution in [2.45, 2.75) is 37.1 Å². The number of hydrogen-bond acceptors (Lipinski definition) is 4. The number of sulfonamides is 1. The predicted octanol–water partition coefficient (Wildman–Crippen LogP) is 3.88. The van der Waals surface area contributed by atoms with Crippen LogP contribution < -0.4 is 5.32 Å². The van der Waals surface area contributed by atoms with Gasteiger partial charge in [0.25, 0.3) is 0 Å². The Morgan fingerprint density at radius 1 is 1.21 bits per heavy atom. The van der Waals surface area contributed by atoms with E-state index in [0.717, 1.165) is 23.4 Å². The van der Waals surface area contributed by atoms with E-state index in [1.54, 1.807) is 6.20 Å². The summed E-state index contributed by atoms with van der Waals surface area (Å²) in [5.74, 6) is -0.495. The van der Waals surface area contributed by atoms with Crippen molar-refractivity contribution in [3.8, 4) is 11.3 Å². The Morgan fingerprint density at radius 3 is 2.64 bits per heavy atom. The maximum absolute atomic E-state index is 13.2. The largest absolute Gasteiger partial charge is 0.346 e. The molecule has 2 aromatic carbocycles. The van der Waals surface area contributed by atoms with Crippen LogP contribution in [0.2, 0.25) is 0 Å². The van der Waals surface area contributed by atoms with Crippen LogP contribution in [0.1, 0.15) is 38.1 Å². The number of rotatable bonds is 7. The average Bonchev–Trinajstić information content (AvgIpc) is 3.33. The van der Waals surface area contributed by atoms with Gasteiger partial charge in [0, 0.05) is 13.1 Å². The molecule has 1 saturated heterocycles. The lowest BCUT2D eigenvalue weighted by Crippen LogP contribution is -2.46. The summed E-state index contributed by atoms with van der Waals surface area (Å²) in [6, 6.07) is 14.3. The molecule has 174 valence electrons. The first-order chi connectivity index (χ1) is 15.9. The molecule has 1 aliphatic heterocycles. The van der Waals surface area contributed by atoms with Crippen molar-refractivity contribution in [1.82, 2.24) is 19.6 Å². The average molecular weight is 471 g/mol. The zero-order valence-corrected chi connectivity index (χ0v) is 19.2. The van der Waals surface area contributed by atoms with Gasteiger partial charge in [0.1, 0.15) is 11.6 Å². The van der Waals surface area contributed by atoms with Crippen molar-refractivity contribution in [3.05, 3.63) is 72.4 Å². The number of imidazole rings is 1. The van der Waals surface area contributed by atoms with E-state index in [1.165, 1.54) is 16.4 Å². The molecule has 3 aromatic rings. The highest BCUT2D eigenvalue weighted by Crippen LogP contribution is 2.26. The lowest BCUT2D eigenvalue weighted by Gasteiger charge is -2.32. The quantitative estimate of drug-likeness (QED) is 0.548. The molecule has 1 fully saturated rings. The van der Waals surface area contributed by atoms with Gasteiger partial charge in [0.05, 0.1) is 28.7 Å². The van der Waals surface area contributed by atoms with Gasteiger partial charge in [0.15, 0.2) is 0 Å². The molecule has 33 heavy (non-hydrogen) atoms. The second kappa shape index (κ2) is 9.84. The normalized spacial score (nSPS) is 18.1. The van der Waals surface area contributed by atoms with Crippen LogP contribution in [0.3, 0.4) is 0 Å². The summed E-state index contributed by atoms with van der Waals surface area (Å²) in [5, 5.41) is 3.03. The number of hydrogen-bond donors (Lipinski definition) is 2. The first-order valence-electron chi connectivity index (χ1n) is 11.0. The Bertz CT molecular complexity index is 1200. The molecule has 2 N–H and O–H groups in total. The summed E-state index contributed by atoms with van der Waals surface area (Å²) < 4.78 is 40.4. The molecule has 0 radical (unpaired) electrons. The van der Waals surface area contributed by atoms with Crippen LogP contribution in [0.25, 0.3) is 11.3 Å². The minimum Gasteiger partial charge on any atom is -0.346 e. The second-order valence-electron chi connectivity index (χ2n) is 8.17. The molecular formula is C24H27FN4O3S. The maximum Gasteiger partial charge on any atom is 0.243 e. The van der Waals surface area contributed by atoms with E-state index in [9.17, 15) is 17.6 Å². The number of benzene rings is 2. The van der Waals surface area contributed by atoms with Crippen LogP contribution >= 0.6 is 0 Å². The van der Waals surface area contributed by atoms with Crippen molar-refractivity contribution in [2.24, 2.45) is 5.92 Å². The summed E-state index contributed by atoms with van der Waals surface area (Å²) in [5.41, 5.74) is 1.87. The van der Waals surface area contributed by atoms with Gasteiger partial charge in [-0.05, 0) is 49.1 Å². The predicted molar refractivity (Wildman–Crippen MR) is 123 cm³/mol. The zero-order valence-electron chi connectivity index (χ0n) is 18.4. The van der Waals surface area contributed by atoms with Crippen LogP contribution in [-0.2, 0) is 14.8 Å². The van der Waals surface area contributed by atoms with E-state index in [-0.39, 0.29) is 23.4 Å². The van der Waals surface area contributed by atoms with Crippen molar-refractivity contribution in [1.29, 1.82) is 0 Å². The molecule has 9 heteroatoms.